The van der Waals surface area contributed by atoms with Gasteiger partial charge < -0.3 is 8.83 Å². The Balaban J connectivity index is 1.07. The number of nitrogens with zero attached hydrogens (tertiary/aromatic N) is 5. The van der Waals surface area contributed by atoms with Crippen LogP contribution in [0.3, 0.4) is 0 Å². The lowest BCUT2D eigenvalue weighted by Crippen LogP contribution is -2.00. The molecule has 12 aromatic rings. The zero-order valence-electron chi connectivity index (χ0n) is 30.0. The Bertz CT molecular complexity index is 3480. The maximum Gasteiger partial charge on any atom is 0.164 e. The Labute approximate surface area is 328 Å². The quantitative estimate of drug-likeness (QED) is 0.173. The van der Waals surface area contributed by atoms with Crippen molar-refractivity contribution in [3.05, 3.63) is 164 Å². The molecule has 266 valence electrons. The number of rotatable bonds is 5. The molecular weight excluding hydrogens is 723 g/mol. The Kier molecular flexibility index (Phi) is 6.96. The lowest BCUT2D eigenvalue weighted by Gasteiger charge is -2.09. The highest BCUT2D eigenvalue weighted by atomic mass is 32.1. The van der Waals surface area contributed by atoms with Gasteiger partial charge in [0.2, 0.25) is 0 Å². The average Bonchev–Trinajstić information content (AvgIpc) is 3.97. The number of furan rings is 2. The standard InChI is InChI=1S/C49H27N5O2S/c1-3-12-28(13-4-1)46-52-47(29-14-5-2-6-15-29)54-49(53-46)34-18-11-20-40-42(34)36-27-31(23-25-39(36)56-40)48-50-43(45-44(51-48)33-17-8-10-21-41(33)57-45)30-22-24-38-35(26-30)32-16-7-9-19-37(32)55-38/h1-27H. The van der Waals surface area contributed by atoms with E-state index >= 15 is 0 Å². The summed E-state index contributed by atoms with van der Waals surface area (Å²) in [6, 6.07) is 55.2. The predicted molar refractivity (Wildman–Crippen MR) is 230 cm³/mol. The normalized spacial score (nSPS) is 11.9. The molecule has 0 atom stereocenters. The maximum absolute atomic E-state index is 6.49. The zero-order valence-corrected chi connectivity index (χ0v) is 30.9. The first-order valence-corrected chi connectivity index (χ1v) is 19.5. The second-order valence-electron chi connectivity index (χ2n) is 14.0. The van der Waals surface area contributed by atoms with Crippen molar-refractivity contribution < 1.29 is 8.83 Å². The van der Waals surface area contributed by atoms with Crippen LogP contribution in [0.2, 0.25) is 0 Å². The van der Waals surface area contributed by atoms with Gasteiger partial charge in [0.1, 0.15) is 22.3 Å². The Morgan fingerprint density at radius 2 is 0.947 bits per heavy atom. The summed E-state index contributed by atoms with van der Waals surface area (Å²) in [7, 11) is 0. The van der Waals surface area contributed by atoms with Gasteiger partial charge in [0.15, 0.2) is 23.3 Å². The van der Waals surface area contributed by atoms with Crippen molar-refractivity contribution in [2.75, 3.05) is 0 Å². The van der Waals surface area contributed by atoms with E-state index in [1.807, 2.05) is 109 Å². The summed E-state index contributed by atoms with van der Waals surface area (Å²) >= 11 is 1.72. The summed E-state index contributed by atoms with van der Waals surface area (Å²) in [5, 5.41) is 5.08. The largest absolute Gasteiger partial charge is 0.456 e. The smallest absolute Gasteiger partial charge is 0.164 e. The Morgan fingerprint density at radius 3 is 1.74 bits per heavy atom. The summed E-state index contributed by atoms with van der Waals surface area (Å²) in [5.41, 5.74) is 9.56. The fourth-order valence-corrected chi connectivity index (χ4v) is 9.02. The predicted octanol–water partition coefficient (Wildman–Crippen LogP) is 13.2. The van der Waals surface area contributed by atoms with E-state index in [4.69, 9.17) is 33.8 Å². The first-order valence-electron chi connectivity index (χ1n) is 18.7. The van der Waals surface area contributed by atoms with Crippen LogP contribution in [-0.4, -0.2) is 24.9 Å². The summed E-state index contributed by atoms with van der Waals surface area (Å²) < 4.78 is 14.9. The van der Waals surface area contributed by atoms with E-state index in [-0.39, 0.29) is 0 Å². The van der Waals surface area contributed by atoms with E-state index in [0.29, 0.717) is 23.3 Å². The molecule has 0 fully saturated rings. The molecule has 5 heterocycles. The molecule has 12 rings (SSSR count). The molecule has 0 radical (unpaired) electrons. The number of aromatic nitrogens is 5. The van der Waals surface area contributed by atoms with Gasteiger partial charge in [0.25, 0.3) is 0 Å². The van der Waals surface area contributed by atoms with Crippen molar-refractivity contribution in [1.29, 1.82) is 0 Å². The SMILES string of the molecule is c1ccc(-c2nc(-c3ccccc3)nc(-c3cccc4oc5ccc(-c6nc(-c7ccc8oc9ccccc9c8c7)c7sc8ccccc8c7n6)cc5c34)n2)cc1. The molecule has 0 amide bonds. The first-order chi connectivity index (χ1) is 28.2. The van der Waals surface area contributed by atoms with Gasteiger partial charge in [-0.2, -0.15) is 0 Å². The lowest BCUT2D eigenvalue weighted by atomic mass is 10.0. The van der Waals surface area contributed by atoms with Gasteiger partial charge in [-0.3, -0.25) is 0 Å². The molecule has 0 aliphatic heterocycles. The third kappa shape index (κ3) is 5.15. The minimum atomic E-state index is 0.563. The van der Waals surface area contributed by atoms with Crippen molar-refractivity contribution in [3.63, 3.8) is 0 Å². The number of hydrogen-bond donors (Lipinski definition) is 0. The van der Waals surface area contributed by atoms with Gasteiger partial charge >= 0.3 is 0 Å². The van der Waals surface area contributed by atoms with Crippen LogP contribution in [0.15, 0.2) is 173 Å². The second-order valence-corrected chi connectivity index (χ2v) is 15.1. The number of hydrogen-bond acceptors (Lipinski definition) is 8. The van der Waals surface area contributed by atoms with Crippen LogP contribution in [0, 0.1) is 0 Å². The molecule has 0 bridgehead atoms. The maximum atomic E-state index is 6.49. The van der Waals surface area contributed by atoms with Crippen molar-refractivity contribution in [2.45, 2.75) is 0 Å². The second kappa shape index (κ2) is 12.5. The van der Waals surface area contributed by atoms with Gasteiger partial charge in [-0.25, -0.2) is 24.9 Å². The van der Waals surface area contributed by atoms with Crippen molar-refractivity contribution in [3.8, 4) is 56.8 Å². The summed E-state index contributed by atoms with van der Waals surface area (Å²) in [6.45, 7) is 0. The zero-order chi connectivity index (χ0) is 37.5. The molecule has 7 aromatic carbocycles. The van der Waals surface area contributed by atoms with Gasteiger partial charge in [-0.05, 0) is 54.6 Å². The summed E-state index contributed by atoms with van der Waals surface area (Å²) in [6.07, 6.45) is 0. The van der Waals surface area contributed by atoms with Crippen LogP contribution in [0.1, 0.15) is 0 Å². The van der Waals surface area contributed by atoms with E-state index in [2.05, 4.69) is 54.6 Å². The van der Waals surface area contributed by atoms with Crippen LogP contribution in [0.25, 0.3) is 121 Å². The highest BCUT2D eigenvalue weighted by Crippen LogP contribution is 2.42. The van der Waals surface area contributed by atoms with Gasteiger partial charge in [0, 0.05) is 59.4 Å². The fourth-order valence-electron chi connectivity index (χ4n) is 7.87. The van der Waals surface area contributed by atoms with E-state index in [0.717, 1.165) is 97.7 Å². The summed E-state index contributed by atoms with van der Waals surface area (Å²) in [5.74, 6) is 2.39. The molecule has 0 unspecified atom stereocenters. The lowest BCUT2D eigenvalue weighted by molar-refractivity contribution is 0.668. The van der Waals surface area contributed by atoms with E-state index in [1.54, 1.807) is 11.3 Å². The highest BCUT2D eigenvalue weighted by Gasteiger charge is 2.21. The molecule has 8 heteroatoms. The van der Waals surface area contributed by atoms with Gasteiger partial charge in [-0.1, -0.05) is 109 Å². The van der Waals surface area contributed by atoms with Crippen molar-refractivity contribution >= 4 is 75.5 Å². The Morgan fingerprint density at radius 1 is 0.368 bits per heavy atom. The van der Waals surface area contributed by atoms with Crippen LogP contribution in [0.4, 0.5) is 0 Å². The van der Waals surface area contributed by atoms with Gasteiger partial charge in [0.05, 0.1) is 15.9 Å². The number of fused-ring (bicyclic) bond motifs is 9. The molecule has 0 saturated carbocycles. The van der Waals surface area contributed by atoms with E-state index in [1.165, 1.54) is 0 Å². The van der Waals surface area contributed by atoms with Crippen molar-refractivity contribution in [2.24, 2.45) is 0 Å². The molecule has 5 aromatic heterocycles. The minimum absolute atomic E-state index is 0.563. The van der Waals surface area contributed by atoms with Gasteiger partial charge in [-0.15, -0.1) is 11.3 Å². The molecule has 0 aliphatic rings. The monoisotopic (exact) mass is 749 g/mol. The molecule has 0 spiro atoms. The fraction of sp³-hybridized carbons (Fsp3) is 0. The van der Waals surface area contributed by atoms with Crippen LogP contribution < -0.4 is 0 Å². The molecular formula is C49H27N5O2S. The van der Waals surface area contributed by atoms with Crippen LogP contribution in [-0.2, 0) is 0 Å². The third-order valence-corrected chi connectivity index (χ3v) is 11.7. The molecule has 57 heavy (non-hydrogen) atoms. The minimum Gasteiger partial charge on any atom is -0.456 e. The van der Waals surface area contributed by atoms with E-state index < -0.39 is 0 Å². The number of thiophene rings is 1. The molecule has 7 nitrogen and oxygen atoms in total. The number of benzene rings is 7. The van der Waals surface area contributed by atoms with Crippen LogP contribution in [0.5, 0.6) is 0 Å². The third-order valence-electron chi connectivity index (χ3n) is 10.6. The topological polar surface area (TPSA) is 90.7 Å². The van der Waals surface area contributed by atoms with E-state index in [9.17, 15) is 0 Å². The first kappa shape index (κ1) is 31.8. The average molecular weight is 750 g/mol. The van der Waals surface area contributed by atoms with Crippen molar-refractivity contribution in [1.82, 2.24) is 24.9 Å². The Hall–Kier alpha value is -7.55. The summed E-state index contributed by atoms with van der Waals surface area (Å²) in [4.78, 5) is 25.7. The number of para-hydroxylation sites is 1. The molecule has 0 saturated heterocycles. The van der Waals surface area contributed by atoms with Crippen LogP contribution >= 0.6 is 11.3 Å². The highest BCUT2D eigenvalue weighted by molar-refractivity contribution is 7.26. The molecule has 0 aliphatic carbocycles. The molecule has 0 N–H and O–H groups in total.